The van der Waals surface area contributed by atoms with Gasteiger partial charge < -0.3 is 9.84 Å². The van der Waals surface area contributed by atoms with Crippen LogP contribution in [0, 0.1) is 0 Å². The zero-order chi connectivity index (χ0) is 12.4. The summed E-state index contributed by atoms with van der Waals surface area (Å²) >= 11 is 10.8. The summed E-state index contributed by atoms with van der Waals surface area (Å²) in [6.45, 7) is 0. The highest BCUT2D eigenvalue weighted by Crippen LogP contribution is 2.37. The summed E-state index contributed by atoms with van der Waals surface area (Å²) < 4.78 is 6.12. The molecule has 5 heteroatoms. The first-order chi connectivity index (χ1) is 8.13. The van der Waals surface area contributed by atoms with E-state index in [0.29, 0.717) is 16.3 Å². The molecular formula is C12H10BrClO2S. The van der Waals surface area contributed by atoms with Crippen molar-refractivity contribution in [2.75, 3.05) is 7.11 Å². The average molecular weight is 334 g/mol. The second-order valence-corrected chi connectivity index (χ2v) is 5.66. The maximum atomic E-state index is 10.3. The van der Waals surface area contributed by atoms with Gasteiger partial charge in [-0.2, -0.15) is 0 Å². The lowest BCUT2D eigenvalue weighted by Crippen LogP contribution is -2.01. The maximum Gasteiger partial charge on any atom is 0.125 e. The van der Waals surface area contributed by atoms with Crippen LogP contribution in [-0.4, -0.2) is 12.2 Å². The molecule has 1 aromatic carbocycles. The van der Waals surface area contributed by atoms with Crippen molar-refractivity contribution >= 4 is 38.9 Å². The second kappa shape index (κ2) is 5.40. The molecule has 0 aliphatic carbocycles. The fourth-order valence-electron chi connectivity index (χ4n) is 1.56. The van der Waals surface area contributed by atoms with Crippen molar-refractivity contribution < 1.29 is 9.84 Å². The molecule has 2 nitrogen and oxygen atoms in total. The van der Waals surface area contributed by atoms with Gasteiger partial charge in [-0.25, -0.2) is 0 Å². The summed E-state index contributed by atoms with van der Waals surface area (Å²) in [6.07, 6.45) is -0.738. The predicted octanol–water partition coefficient (Wildman–Crippen LogP) is 4.25. The lowest BCUT2D eigenvalue weighted by Gasteiger charge is -2.14. The minimum absolute atomic E-state index is 0.576. The molecule has 1 N–H and O–H groups in total. The molecule has 2 rings (SSSR count). The fourth-order valence-corrected chi connectivity index (χ4v) is 3.33. The highest BCUT2D eigenvalue weighted by atomic mass is 79.9. The summed E-state index contributed by atoms with van der Waals surface area (Å²) in [5.74, 6) is 0.627. The molecule has 0 fully saturated rings. The molecule has 0 aliphatic rings. The highest BCUT2D eigenvalue weighted by Gasteiger charge is 2.19. The van der Waals surface area contributed by atoms with E-state index in [-0.39, 0.29) is 0 Å². The highest BCUT2D eigenvalue weighted by molar-refractivity contribution is 9.10. The van der Waals surface area contributed by atoms with Crippen LogP contribution >= 0.6 is 38.9 Å². The number of hydrogen-bond acceptors (Lipinski definition) is 3. The zero-order valence-electron chi connectivity index (χ0n) is 8.98. The van der Waals surface area contributed by atoms with Gasteiger partial charge >= 0.3 is 0 Å². The van der Waals surface area contributed by atoms with Crippen LogP contribution in [0.3, 0.4) is 0 Å². The molecule has 1 aromatic heterocycles. The summed E-state index contributed by atoms with van der Waals surface area (Å²) in [4.78, 5) is 0.838. The third-order valence-corrected chi connectivity index (χ3v) is 4.54. The zero-order valence-corrected chi connectivity index (χ0v) is 12.1. The van der Waals surface area contributed by atoms with Crippen molar-refractivity contribution in [1.82, 2.24) is 0 Å². The van der Waals surface area contributed by atoms with Gasteiger partial charge in [-0.05, 0) is 45.6 Å². The van der Waals surface area contributed by atoms with Gasteiger partial charge in [-0.1, -0.05) is 11.6 Å². The van der Waals surface area contributed by atoms with Crippen LogP contribution in [0.5, 0.6) is 5.75 Å². The van der Waals surface area contributed by atoms with E-state index in [1.807, 2.05) is 11.4 Å². The van der Waals surface area contributed by atoms with E-state index in [0.717, 1.165) is 9.35 Å². The number of halogens is 2. The first-order valence-corrected chi connectivity index (χ1v) is 6.93. The number of ether oxygens (including phenoxy) is 1. The fraction of sp³-hybridized carbons (Fsp3) is 0.167. The second-order valence-electron chi connectivity index (χ2n) is 3.42. The first-order valence-electron chi connectivity index (χ1n) is 4.88. The van der Waals surface area contributed by atoms with E-state index in [1.165, 1.54) is 11.3 Å². The molecule has 17 heavy (non-hydrogen) atoms. The maximum absolute atomic E-state index is 10.3. The Morgan fingerprint density at radius 1 is 1.41 bits per heavy atom. The average Bonchev–Trinajstić information content (AvgIpc) is 2.74. The molecule has 0 bridgehead atoms. The number of aliphatic hydroxyl groups excluding tert-OH is 1. The number of thiophene rings is 1. The van der Waals surface area contributed by atoms with Crippen LogP contribution in [0.25, 0.3) is 0 Å². The van der Waals surface area contributed by atoms with Crippen LogP contribution in [0.4, 0.5) is 0 Å². The minimum atomic E-state index is -0.738. The minimum Gasteiger partial charge on any atom is -0.496 e. The van der Waals surface area contributed by atoms with E-state index in [9.17, 15) is 5.11 Å². The van der Waals surface area contributed by atoms with Gasteiger partial charge in [-0.3, -0.25) is 0 Å². The number of hydrogen-bond donors (Lipinski definition) is 1. The summed E-state index contributed by atoms with van der Waals surface area (Å²) in [7, 11) is 1.57. The van der Waals surface area contributed by atoms with Crippen molar-refractivity contribution in [3.8, 4) is 5.75 Å². The molecule has 0 amide bonds. The molecule has 2 aromatic rings. The largest absolute Gasteiger partial charge is 0.496 e. The lowest BCUT2D eigenvalue weighted by atomic mass is 10.1. The Kier molecular flexibility index (Phi) is 4.09. The van der Waals surface area contributed by atoms with Crippen LogP contribution in [0.15, 0.2) is 34.1 Å². The Hall–Kier alpha value is -0.550. The van der Waals surface area contributed by atoms with Gasteiger partial charge in [0.2, 0.25) is 0 Å². The molecule has 0 saturated heterocycles. The van der Waals surface area contributed by atoms with Crippen LogP contribution in [0.1, 0.15) is 16.5 Å². The Balaban J connectivity index is 2.46. The summed E-state index contributed by atoms with van der Waals surface area (Å²) in [5, 5.41) is 12.8. The molecule has 1 heterocycles. The SMILES string of the molecule is COc1ccc(Cl)cc1C(O)c1sccc1Br. The molecule has 1 unspecified atom stereocenters. The van der Waals surface area contributed by atoms with E-state index >= 15 is 0 Å². The Bertz CT molecular complexity index is 527. The van der Waals surface area contributed by atoms with Gasteiger partial charge in [0.1, 0.15) is 11.9 Å². The van der Waals surface area contributed by atoms with E-state index in [2.05, 4.69) is 15.9 Å². The van der Waals surface area contributed by atoms with Crippen LogP contribution in [-0.2, 0) is 0 Å². The Morgan fingerprint density at radius 3 is 2.76 bits per heavy atom. The molecule has 0 aliphatic heterocycles. The molecule has 1 atom stereocenters. The van der Waals surface area contributed by atoms with E-state index < -0.39 is 6.10 Å². The van der Waals surface area contributed by atoms with Gasteiger partial charge in [0.25, 0.3) is 0 Å². The Morgan fingerprint density at radius 2 is 2.18 bits per heavy atom. The van der Waals surface area contributed by atoms with Gasteiger partial charge in [0, 0.05) is 15.1 Å². The summed E-state index contributed by atoms with van der Waals surface area (Å²) in [6, 6.07) is 7.11. The Labute approximate surface area is 117 Å². The molecule has 90 valence electrons. The molecule has 0 saturated carbocycles. The number of benzene rings is 1. The molecular weight excluding hydrogens is 324 g/mol. The van der Waals surface area contributed by atoms with Gasteiger partial charge in [-0.15, -0.1) is 11.3 Å². The summed E-state index contributed by atoms with van der Waals surface area (Å²) in [5.41, 5.74) is 0.670. The third kappa shape index (κ3) is 2.65. The standard InChI is InChI=1S/C12H10BrClO2S/c1-16-10-3-2-7(14)6-8(10)11(15)12-9(13)4-5-17-12/h2-6,11,15H,1H3. The van der Waals surface area contributed by atoms with E-state index in [4.69, 9.17) is 16.3 Å². The molecule has 0 radical (unpaired) electrons. The van der Waals surface area contributed by atoms with E-state index in [1.54, 1.807) is 25.3 Å². The van der Waals surface area contributed by atoms with Gasteiger partial charge in [0.15, 0.2) is 0 Å². The van der Waals surface area contributed by atoms with Crippen molar-refractivity contribution in [3.63, 3.8) is 0 Å². The topological polar surface area (TPSA) is 29.5 Å². The van der Waals surface area contributed by atoms with Gasteiger partial charge in [0.05, 0.1) is 12.0 Å². The van der Waals surface area contributed by atoms with Crippen molar-refractivity contribution in [2.24, 2.45) is 0 Å². The van der Waals surface area contributed by atoms with Crippen LogP contribution in [0.2, 0.25) is 5.02 Å². The number of methoxy groups -OCH3 is 1. The number of rotatable bonds is 3. The predicted molar refractivity (Wildman–Crippen MR) is 74.1 cm³/mol. The first kappa shape index (κ1) is 12.9. The monoisotopic (exact) mass is 332 g/mol. The quantitative estimate of drug-likeness (QED) is 0.909. The lowest BCUT2D eigenvalue weighted by molar-refractivity contribution is 0.218. The van der Waals surface area contributed by atoms with Crippen molar-refractivity contribution in [3.05, 3.63) is 49.6 Å². The third-order valence-electron chi connectivity index (χ3n) is 2.38. The molecule has 0 spiro atoms. The van der Waals surface area contributed by atoms with Crippen molar-refractivity contribution in [2.45, 2.75) is 6.10 Å². The van der Waals surface area contributed by atoms with Crippen molar-refractivity contribution in [1.29, 1.82) is 0 Å². The van der Waals surface area contributed by atoms with Crippen LogP contribution < -0.4 is 4.74 Å². The normalized spacial score (nSPS) is 12.5. The smallest absolute Gasteiger partial charge is 0.125 e. The number of aliphatic hydroxyl groups is 1.